The lowest BCUT2D eigenvalue weighted by Gasteiger charge is -1.89. The molecule has 13 heavy (non-hydrogen) atoms. The van der Waals surface area contributed by atoms with Gasteiger partial charge in [-0.2, -0.15) is 15.0 Å². The lowest BCUT2D eigenvalue weighted by molar-refractivity contribution is 0.861. The van der Waals surface area contributed by atoms with E-state index in [4.69, 9.17) is 5.26 Å². The molecule has 2 rings (SSSR count). The molecule has 0 aliphatic rings. The highest BCUT2D eigenvalue weighted by Crippen LogP contribution is 2.13. The van der Waals surface area contributed by atoms with Crippen molar-refractivity contribution in [1.29, 1.82) is 5.26 Å². The van der Waals surface area contributed by atoms with Crippen LogP contribution in [0.25, 0.3) is 5.13 Å². The van der Waals surface area contributed by atoms with Gasteiger partial charge in [0.05, 0.1) is 18.2 Å². The van der Waals surface area contributed by atoms with E-state index in [1.165, 1.54) is 17.7 Å². The number of thiazole rings is 1. The van der Waals surface area contributed by atoms with Gasteiger partial charge in [0, 0.05) is 5.38 Å². The summed E-state index contributed by atoms with van der Waals surface area (Å²) in [6, 6.07) is 2.04. The first kappa shape index (κ1) is 7.89. The van der Waals surface area contributed by atoms with Crippen LogP contribution in [0.15, 0.2) is 18.0 Å². The summed E-state index contributed by atoms with van der Waals surface area (Å²) in [4.78, 5) is 8.01. The molecule has 0 aliphatic heterocycles. The molecular formula is C7H5N5S. The molecule has 0 amide bonds. The molecule has 0 atom stereocenters. The van der Waals surface area contributed by atoms with Crippen LogP contribution in [0.4, 0.5) is 0 Å². The zero-order chi connectivity index (χ0) is 9.10. The van der Waals surface area contributed by atoms with Crippen LogP contribution in [0.3, 0.4) is 0 Å². The molecule has 0 aliphatic carbocycles. The lowest BCUT2D eigenvalue weighted by atomic mass is 10.4. The highest BCUT2D eigenvalue weighted by atomic mass is 32.1. The van der Waals surface area contributed by atoms with Gasteiger partial charge in [-0.25, -0.2) is 9.97 Å². The Bertz CT molecular complexity index is 424. The van der Waals surface area contributed by atoms with E-state index in [-0.39, 0.29) is 0 Å². The standard InChI is InChI=1S/C7H5N5S/c8-2-1-6-3-13-7(11-6)12-5-9-4-10-12/h3-5H,1H2. The van der Waals surface area contributed by atoms with Crippen LogP contribution in [-0.2, 0) is 6.42 Å². The number of aromatic nitrogens is 4. The number of hydrogen-bond acceptors (Lipinski definition) is 5. The quantitative estimate of drug-likeness (QED) is 0.703. The summed E-state index contributed by atoms with van der Waals surface area (Å²) in [5.74, 6) is 0. The zero-order valence-electron chi connectivity index (χ0n) is 6.58. The summed E-state index contributed by atoms with van der Waals surface area (Å²) in [6.45, 7) is 0. The van der Waals surface area contributed by atoms with Gasteiger partial charge in [-0.15, -0.1) is 11.3 Å². The Hall–Kier alpha value is -1.74. The maximum atomic E-state index is 8.44. The molecule has 2 heterocycles. The third-order valence-electron chi connectivity index (χ3n) is 1.41. The van der Waals surface area contributed by atoms with Crippen molar-refractivity contribution in [3.05, 3.63) is 23.7 Å². The normalized spacial score (nSPS) is 9.77. The molecule has 2 aromatic rings. The van der Waals surface area contributed by atoms with Gasteiger partial charge in [-0.1, -0.05) is 0 Å². The Morgan fingerprint density at radius 1 is 1.62 bits per heavy atom. The maximum absolute atomic E-state index is 8.44. The summed E-state index contributed by atoms with van der Waals surface area (Å²) in [6.07, 6.45) is 3.37. The average Bonchev–Trinajstić information content (AvgIpc) is 2.70. The lowest BCUT2D eigenvalue weighted by Crippen LogP contribution is -1.93. The highest BCUT2D eigenvalue weighted by Gasteiger charge is 2.03. The van der Waals surface area contributed by atoms with Crippen LogP contribution < -0.4 is 0 Å². The van der Waals surface area contributed by atoms with E-state index in [1.807, 2.05) is 11.4 Å². The van der Waals surface area contributed by atoms with Gasteiger partial charge in [0.15, 0.2) is 0 Å². The van der Waals surface area contributed by atoms with Crippen molar-refractivity contribution in [2.24, 2.45) is 0 Å². The predicted molar refractivity (Wildman–Crippen MR) is 46.3 cm³/mol. The molecular weight excluding hydrogens is 186 g/mol. The van der Waals surface area contributed by atoms with Crippen LogP contribution in [-0.4, -0.2) is 19.7 Å². The smallest absolute Gasteiger partial charge is 0.212 e. The van der Waals surface area contributed by atoms with E-state index in [0.29, 0.717) is 6.42 Å². The summed E-state index contributed by atoms with van der Waals surface area (Å²) in [5.41, 5.74) is 0.776. The molecule has 0 unspecified atom stereocenters. The van der Waals surface area contributed by atoms with Crippen molar-refractivity contribution >= 4 is 11.3 Å². The Kier molecular flexibility index (Phi) is 2.02. The monoisotopic (exact) mass is 191 g/mol. The molecule has 0 N–H and O–H groups in total. The van der Waals surface area contributed by atoms with Crippen molar-refractivity contribution in [3.8, 4) is 11.2 Å². The van der Waals surface area contributed by atoms with Crippen molar-refractivity contribution in [2.45, 2.75) is 6.42 Å². The summed E-state index contributed by atoms with van der Waals surface area (Å²) >= 11 is 1.45. The molecule has 0 radical (unpaired) electrons. The molecule has 2 aromatic heterocycles. The topological polar surface area (TPSA) is 67.4 Å². The van der Waals surface area contributed by atoms with E-state index in [1.54, 1.807) is 11.0 Å². The Morgan fingerprint density at radius 3 is 3.23 bits per heavy atom. The van der Waals surface area contributed by atoms with E-state index in [9.17, 15) is 0 Å². The fourth-order valence-corrected chi connectivity index (χ4v) is 1.62. The zero-order valence-corrected chi connectivity index (χ0v) is 7.40. The minimum atomic E-state index is 0.338. The molecule has 0 spiro atoms. The molecule has 64 valence electrons. The molecule has 6 heteroatoms. The molecule has 0 bridgehead atoms. The first-order valence-corrected chi connectivity index (χ1v) is 4.44. The van der Waals surface area contributed by atoms with Gasteiger partial charge < -0.3 is 0 Å². The van der Waals surface area contributed by atoms with E-state index >= 15 is 0 Å². The van der Waals surface area contributed by atoms with Crippen molar-refractivity contribution in [1.82, 2.24) is 19.7 Å². The molecule has 5 nitrogen and oxygen atoms in total. The van der Waals surface area contributed by atoms with Crippen LogP contribution in [0.1, 0.15) is 5.69 Å². The first-order valence-electron chi connectivity index (χ1n) is 3.56. The van der Waals surface area contributed by atoms with Crippen LogP contribution >= 0.6 is 11.3 Å². The Labute approximate surface area is 78.3 Å². The predicted octanol–water partition coefficient (Wildman–Crippen LogP) is 0.790. The van der Waals surface area contributed by atoms with Gasteiger partial charge in [-0.05, 0) is 0 Å². The maximum Gasteiger partial charge on any atom is 0.212 e. The van der Waals surface area contributed by atoms with Gasteiger partial charge in [-0.3, -0.25) is 0 Å². The van der Waals surface area contributed by atoms with Crippen LogP contribution in [0.5, 0.6) is 0 Å². The second-order valence-corrected chi connectivity index (χ2v) is 3.13. The van der Waals surface area contributed by atoms with Gasteiger partial charge in [0.2, 0.25) is 5.13 Å². The molecule has 0 saturated carbocycles. The van der Waals surface area contributed by atoms with Crippen molar-refractivity contribution < 1.29 is 0 Å². The van der Waals surface area contributed by atoms with Crippen molar-refractivity contribution in [2.75, 3.05) is 0 Å². The third-order valence-corrected chi connectivity index (χ3v) is 2.29. The largest absolute Gasteiger partial charge is 0.223 e. The van der Waals surface area contributed by atoms with Gasteiger partial charge >= 0.3 is 0 Å². The fraction of sp³-hybridized carbons (Fsp3) is 0.143. The number of rotatable bonds is 2. The van der Waals surface area contributed by atoms with E-state index in [2.05, 4.69) is 15.1 Å². The molecule has 0 aromatic carbocycles. The Balaban J connectivity index is 2.29. The van der Waals surface area contributed by atoms with Crippen LogP contribution in [0.2, 0.25) is 0 Å². The average molecular weight is 191 g/mol. The Morgan fingerprint density at radius 2 is 2.54 bits per heavy atom. The van der Waals surface area contributed by atoms with Crippen LogP contribution in [0, 0.1) is 11.3 Å². The van der Waals surface area contributed by atoms with Crippen molar-refractivity contribution in [3.63, 3.8) is 0 Å². The highest BCUT2D eigenvalue weighted by molar-refractivity contribution is 7.12. The number of nitrogens with zero attached hydrogens (tertiary/aromatic N) is 5. The minimum absolute atomic E-state index is 0.338. The first-order chi connectivity index (χ1) is 6.40. The summed E-state index contributed by atoms with van der Waals surface area (Å²) in [7, 11) is 0. The number of nitriles is 1. The third kappa shape index (κ3) is 1.55. The molecule has 0 saturated heterocycles. The van der Waals surface area contributed by atoms with Gasteiger partial charge in [0.25, 0.3) is 0 Å². The van der Waals surface area contributed by atoms with Gasteiger partial charge in [0.1, 0.15) is 12.7 Å². The SMILES string of the molecule is N#CCc1csc(-n2cncn2)n1. The van der Waals surface area contributed by atoms with E-state index in [0.717, 1.165) is 10.8 Å². The summed E-state index contributed by atoms with van der Waals surface area (Å²) in [5, 5.41) is 15.0. The van der Waals surface area contributed by atoms with E-state index < -0.39 is 0 Å². The second kappa shape index (κ2) is 3.33. The molecule has 0 fully saturated rings. The summed E-state index contributed by atoms with van der Waals surface area (Å²) < 4.78 is 1.57. The fourth-order valence-electron chi connectivity index (χ4n) is 0.871. The minimum Gasteiger partial charge on any atom is -0.223 e. The second-order valence-electron chi connectivity index (χ2n) is 2.30. The number of hydrogen-bond donors (Lipinski definition) is 0.